The van der Waals surface area contributed by atoms with Crippen molar-refractivity contribution in [1.29, 1.82) is 0 Å². The van der Waals surface area contributed by atoms with E-state index in [1.807, 2.05) is 55.3 Å². The Morgan fingerprint density at radius 2 is 1.25 bits per heavy atom. The van der Waals surface area contributed by atoms with Crippen LogP contribution in [0.25, 0.3) is 0 Å². The topological polar surface area (TPSA) is 74.6 Å². The Labute approximate surface area is 149 Å². The number of allylic oxidation sites excluding steroid dienone is 4. The maximum atomic E-state index is 9.54. The SMILES string of the molecule is C=C(C)C.C=C(C)CCO.C=O.CC(C)=CC=O.CC(C)=CCO. The fourth-order valence-corrected chi connectivity index (χ4v) is 0.510. The normalized spacial score (nSPS) is 7.04. The van der Waals surface area contributed by atoms with Crippen molar-refractivity contribution in [3.05, 3.63) is 47.6 Å². The lowest BCUT2D eigenvalue weighted by Crippen LogP contribution is -1.79. The van der Waals surface area contributed by atoms with Gasteiger partial charge in [0.25, 0.3) is 0 Å². The largest absolute Gasteiger partial charge is 0.396 e. The van der Waals surface area contributed by atoms with E-state index in [2.05, 4.69) is 13.2 Å². The van der Waals surface area contributed by atoms with Crippen LogP contribution in [0.5, 0.6) is 0 Å². The van der Waals surface area contributed by atoms with Crippen LogP contribution in [0.1, 0.15) is 54.9 Å². The average molecular weight is 343 g/mol. The summed E-state index contributed by atoms with van der Waals surface area (Å²) in [6.45, 7) is 23.1. The van der Waals surface area contributed by atoms with Crippen molar-refractivity contribution in [1.82, 2.24) is 0 Å². The van der Waals surface area contributed by atoms with Crippen molar-refractivity contribution in [2.75, 3.05) is 13.2 Å². The number of hydrogen-bond donors (Lipinski definition) is 2. The number of rotatable bonds is 4. The maximum Gasteiger partial charge on any atom is 0.142 e. The minimum Gasteiger partial charge on any atom is -0.396 e. The van der Waals surface area contributed by atoms with E-state index < -0.39 is 0 Å². The highest BCUT2D eigenvalue weighted by atomic mass is 16.3. The number of carbonyl (C=O) groups is 2. The molecule has 0 heterocycles. The summed E-state index contributed by atoms with van der Waals surface area (Å²) in [7, 11) is 0. The van der Waals surface area contributed by atoms with Crippen molar-refractivity contribution in [2.24, 2.45) is 0 Å². The monoisotopic (exact) mass is 342 g/mol. The quantitative estimate of drug-likeness (QED) is 0.450. The van der Waals surface area contributed by atoms with E-state index in [-0.39, 0.29) is 13.2 Å². The Morgan fingerprint density at radius 3 is 1.25 bits per heavy atom. The van der Waals surface area contributed by atoms with Gasteiger partial charge in [-0.15, -0.1) is 13.2 Å². The molecular formula is C20H38O4. The van der Waals surface area contributed by atoms with Crippen LogP contribution in [0.15, 0.2) is 47.6 Å². The standard InChI is InChI=1S/2C5H10O.C5H8O.C4H8.CH2O/c3*1-5(2)3-4-6;1-4(2)3;1-2/h3,6H,4H2,1-2H3;6H,1,3-4H2,2H3;3-4H,1-2H3;1H2,2-3H3;1H2. The zero-order chi connectivity index (χ0) is 20.6. The minimum absolute atomic E-state index is 0.169. The Bertz CT molecular complexity index is 341. The van der Waals surface area contributed by atoms with Gasteiger partial charge in [0, 0.05) is 6.61 Å². The second-order valence-electron chi connectivity index (χ2n) is 5.48. The molecule has 0 bridgehead atoms. The van der Waals surface area contributed by atoms with Crippen LogP contribution in [0, 0.1) is 0 Å². The molecule has 0 aliphatic carbocycles. The molecule has 24 heavy (non-hydrogen) atoms. The van der Waals surface area contributed by atoms with Gasteiger partial charge in [0.05, 0.1) is 6.61 Å². The van der Waals surface area contributed by atoms with E-state index >= 15 is 0 Å². The van der Waals surface area contributed by atoms with Gasteiger partial charge in [0.2, 0.25) is 0 Å². The number of carbonyl (C=O) groups excluding carboxylic acids is 2. The van der Waals surface area contributed by atoms with E-state index in [9.17, 15) is 4.79 Å². The molecule has 0 aromatic rings. The molecule has 142 valence electrons. The van der Waals surface area contributed by atoms with E-state index in [4.69, 9.17) is 15.0 Å². The third-order valence-electron chi connectivity index (χ3n) is 1.44. The van der Waals surface area contributed by atoms with Gasteiger partial charge in [-0.2, -0.15) is 0 Å². The van der Waals surface area contributed by atoms with E-state index in [0.717, 1.165) is 29.4 Å². The number of aliphatic hydroxyl groups excluding tert-OH is 2. The van der Waals surface area contributed by atoms with E-state index in [0.29, 0.717) is 0 Å². The molecule has 0 rings (SSSR count). The van der Waals surface area contributed by atoms with Gasteiger partial charge >= 0.3 is 0 Å². The van der Waals surface area contributed by atoms with E-state index in [1.54, 1.807) is 6.08 Å². The lowest BCUT2D eigenvalue weighted by atomic mass is 10.3. The van der Waals surface area contributed by atoms with Gasteiger partial charge in [0.15, 0.2) is 0 Å². The number of aldehydes is 1. The van der Waals surface area contributed by atoms with E-state index in [1.165, 1.54) is 11.6 Å². The molecule has 0 unspecified atom stereocenters. The van der Waals surface area contributed by atoms with Crippen molar-refractivity contribution in [2.45, 2.75) is 54.9 Å². The van der Waals surface area contributed by atoms with Crippen molar-refractivity contribution in [3.8, 4) is 0 Å². The van der Waals surface area contributed by atoms with Crippen LogP contribution in [-0.4, -0.2) is 36.5 Å². The summed E-state index contributed by atoms with van der Waals surface area (Å²) in [6, 6.07) is 0. The molecule has 0 saturated carbocycles. The summed E-state index contributed by atoms with van der Waals surface area (Å²) >= 11 is 0. The third-order valence-corrected chi connectivity index (χ3v) is 1.44. The highest BCUT2D eigenvalue weighted by molar-refractivity contribution is 5.65. The number of aliphatic hydroxyl groups is 2. The molecular weight excluding hydrogens is 304 g/mol. The lowest BCUT2D eigenvalue weighted by molar-refractivity contribution is -0.104. The molecule has 0 aliphatic rings. The fraction of sp³-hybridized carbons (Fsp3) is 0.500. The van der Waals surface area contributed by atoms with Gasteiger partial charge in [-0.05, 0) is 61.0 Å². The maximum absolute atomic E-state index is 9.54. The molecule has 4 nitrogen and oxygen atoms in total. The second kappa shape index (κ2) is 33.0. The van der Waals surface area contributed by atoms with Crippen LogP contribution >= 0.6 is 0 Å². The van der Waals surface area contributed by atoms with Gasteiger partial charge < -0.3 is 15.0 Å². The smallest absolute Gasteiger partial charge is 0.142 e. The third kappa shape index (κ3) is 143. The van der Waals surface area contributed by atoms with Crippen LogP contribution in [0.3, 0.4) is 0 Å². The molecule has 2 N–H and O–H groups in total. The summed E-state index contributed by atoms with van der Waals surface area (Å²) < 4.78 is 0. The summed E-state index contributed by atoms with van der Waals surface area (Å²) in [5.41, 5.74) is 4.42. The highest BCUT2D eigenvalue weighted by Crippen LogP contribution is 1.90. The first kappa shape index (κ1) is 33.7. The molecule has 0 spiro atoms. The van der Waals surface area contributed by atoms with Crippen LogP contribution in [-0.2, 0) is 9.59 Å². The van der Waals surface area contributed by atoms with Gasteiger partial charge in [-0.25, -0.2) is 0 Å². The van der Waals surface area contributed by atoms with Crippen LogP contribution < -0.4 is 0 Å². The summed E-state index contributed by atoms with van der Waals surface area (Å²) in [5.74, 6) is 0. The molecule has 0 aliphatic heterocycles. The average Bonchev–Trinajstić information content (AvgIpc) is 2.41. The zero-order valence-corrected chi connectivity index (χ0v) is 16.7. The molecule has 0 aromatic heterocycles. The first-order valence-electron chi connectivity index (χ1n) is 7.54. The Kier molecular flexibility index (Phi) is 46.4. The number of hydrogen-bond acceptors (Lipinski definition) is 4. The predicted octanol–water partition coefficient (Wildman–Crippen LogP) is 4.44. The van der Waals surface area contributed by atoms with Crippen molar-refractivity contribution >= 4 is 13.1 Å². The second-order valence-corrected chi connectivity index (χ2v) is 5.48. The lowest BCUT2D eigenvalue weighted by Gasteiger charge is -1.87. The summed E-state index contributed by atoms with van der Waals surface area (Å²) in [4.78, 5) is 17.5. The van der Waals surface area contributed by atoms with Crippen LogP contribution in [0.4, 0.5) is 0 Å². The van der Waals surface area contributed by atoms with Gasteiger partial charge in [-0.1, -0.05) is 28.4 Å². The minimum atomic E-state index is 0.169. The van der Waals surface area contributed by atoms with Gasteiger partial charge in [0.1, 0.15) is 13.1 Å². The molecule has 0 aromatic carbocycles. The van der Waals surface area contributed by atoms with Gasteiger partial charge in [-0.3, -0.25) is 4.79 Å². The summed E-state index contributed by atoms with van der Waals surface area (Å²) in [6.07, 6.45) is 4.81. The zero-order valence-electron chi connectivity index (χ0n) is 16.7. The molecule has 0 radical (unpaired) electrons. The molecule has 0 fully saturated rings. The Morgan fingerprint density at radius 1 is 0.875 bits per heavy atom. The van der Waals surface area contributed by atoms with Crippen LogP contribution in [0.2, 0.25) is 0 Å². The Balaban J connectivity index is -0.0000000652. The predicted molar refractivity (Wildman–Crippen MR) is 106 cm³/mol. The van der Waals surface area contributed by atoms with Crippen molar-refractivity contribution in [3.63, 3.8) is 0 Å². The summed E-state index contributed by atoms with van der Waals surface area (Å²) in [5, 5.41) is 16.3. The molecule has 0 saturated heterocycles. The molecule has 0 atom stereocenters. The fourth-order valence-electron chi connectivity index (χ4n) is 0.510. The first-order chi connectivity index (χ1) is 11.0. The molecule has 4 heteroatoms. The highest BCUT2D eigenvalue weighted by Gasteiger charge is 1.77. The molecule has 0 amide bonds. The van der Waals surface area contributed by atoms with Crippen molar-refractivity contribution < 1.29 is 19.8 Å². The Hall–Kier alpha value is -1.78. The first-order valence-corrected chi connectivity index (χ1v) is 7.54.